The molecule has 0 unspecified atom stereocenters. The van der Waals surface area contributed by atoms with Gasteiger partial charge in [-0.05, 0) is 22.6 Å². The molecule has 0 aliphatic heterocycles. The zero-order valence-electron chi connectivity index (χ0n) is 10.4. The van der Waals surface area contributed by atoms with E-state index in [1.807, 2.05) is 0 Å². The third-order valence-electron chi connectivity index (χ3n) is 2.11. The van der Waals surface area contributed by atoms with Gasteiger partial charge in [0.1, 0.15) is 6.54 Å². The lowest BCUT2D eigenvalue weighted by molar-refractivity contribution is -0.138. The summed E-state index contributed by atoms with van der Waals surface area (Å²) in [4.78, 5) is 33.7. The van der Waals surface area contributed by atoms with Gasteiger partial charge < -0.3 is 9.52 Å². The third kappa shape index (κ3) is 4.14. The Bertz CT molecular complexity index is 653. The molecule has 0 aliphatic carbocycles. The topological polar surface area (TPSA) is 140 Å². The minimum atomic E-state index is -1.11. The van der Waals surface area contributed by atoms with Crippen molar-refractivity contribution in [2.24, 2.45) is 0 Å². The first-order chi connectivity index (χ1) is 10.1. The zero-order chi connectivity index (χ0) is 15.2. The van der Waals surface area contributed by atoms with Crippen molar-refractivity contribution in [3.8, 4) is 0 Å². The second kappa shape index (κ2) is 6.65. The Kier molecular flexibility index (Phi) is 4.66. The lowest BCUT2D eigenvalue weighted by Gasteiger charge is -2.02. The average Bonchev–Trinajstić information content (AvgIpc) is 3.06. The molecule has 2 amide bonds. The van der Waals surface area contributed by atoms with Crippen molar-refractivity contribution in [2.45, 2.75) is 11.7 Å². The van der Waals surface area contributed by atoms with Crippen LogP contribution in [0.1, 0.15) is 10.6 Å². The number of rotatable bonds is 6. The van der Waals surface area contributed by atoms with E-state index in [0.717, 1.165) is 16.4 Å². The number of carbonyl (C=O) groups is 3. The first-order valence-corrected chi connectivity index (χ1v) is 6.53. The molecular formula is C10H9N5O5S. The summed E-state index contributed by atoms with van der Waals surface area (Å²) in [5.41, 5.74) is 0. The number of imide groups is 1. The van der Waals surface area contributed by atoms with E-state index in [9.17, 15) is 14.4 Å². The number of carboxylic acid groups (broad SMARTS) is 1. The highest BCUT2D eigenvalue weighted by atomic mass is 32.2. The quantitative estimate of drug-likeness (QED) is 0.669. The standard InChI is InChI=1S/C10H9N5O5S/c16-7(11-9(19)6-2-1-3-20-6)5-21-10-12-13-14-15(10)4-8(17)18/h1-3H,4-5H2,(H,17,18)(H,11,16,19). The molecule has 2 aromatic heterocycles. The molecule has 2 heterocycles. The summed E-state index contributed by atoms with van der Waals surface area (Å²) < 4.78 is 5.87. The summed E-state index contributed by atoms with van der Waals surface area (Å²) in [6, 6.07) is 2.94. The lowest BCUT2D eigenvalue weighted by atomic mass is 10.4. The van der Waals surface area contributed by atoms with E-state index in [1.165, 1.54) is 18.4 Å². The van der Waals surface area contributed by atoms with Gasteiger partial charge in [0.15, 0.2) is 5.76 Å². The van der Waals surface area contributed by atoms with E-state index >= 15 is 0 Å². The Morgan fingerprint density at radius 2 is 2.24 bits per heavy atom. The van der Waals surface area contributed by atoms with E-state index in [1.54, 1.807) is 0 Å². The van der Waals surface area contributed by atoms with Gasteiger partial charge in [0.25, 0.3) is 5.91 Å². The van der Waals surface area contributed by atoms with Crippen molar-refractivity contribution >= 4 is 29.5 Å². The fourth-order valence-corrected chi connectivity index (χ4v) is 1.97. The van der Waals surface area contributed by atoms with Crippen molar-refractivity contribution in [1.82, 2.24) is 25.5 Å². The molecule has 0 fully saturated rings. The van der Waals surface area contributed by atoms with Gasteiger partial charge >= 0.3 is 5.97 Å². The lowest BCUT2D eigenvalue weighted by Crippen LogP contribution is -2.31. The van der Waals surface area contributed by atoms with Crippen LogP contribution in [0.4, 0.5) is 0 Å². The normalized spacial score (nSPS) is 10.3. The highest BCUT2D eigenvalue weighted by Gasteiger charge is 2.15. The molecule has 2 rings (SSSR count). The van der Waals surface area contributed by atoms with Gasteiger partial charge in [-0.15, -0.1) is 5.10 Å². The van der Waals surface area contributed by atoms with E-state index in [2.05, 4.69) is 20.8 Å². The molecule has 110 valence electrons. The van der Waals surface area contributed by atoms with Crippen LogP contribution in [0.25, 0.3) is 0 Å². The first kappa shape index (κ1) is 14.7. The van der Waals surface area contributed by atoms with Gasteiger partial charge in [0.2, 0.25) is 11.1 Å². The maximum Gasteiger partial charge on any atom is 0.325 e. The molecular weight excluding hydrogens is 302 g/mol. The van der Waals surface area contributed by atoms with Crippen LogP contribution in [0, 0.1) is 0 Å². The van der Waals surface area contributed by atoms with Crippen molar-refractivity contribution in [3.05, 3.63) is 24.2 Å². The smallest absolute Gasteiger partial charge is 0.325 e. The van der Waals surface area contributed by atoms with Crippen molar-refractivity contribution in [1.29, 1.82) is 0 Å². The number of carbonyl (C=O) groups excluding carboxylic acids is 2. The monoisotopic (exact) mass is 311 g/mol. The van der Waals surface area contributed by atoms with Gasteiger partial charge in [-0.3, -0.25) is 19.7 Å². The predicted octanol–water partition coefficient (Wildman–Crippen LogP) is -0.601. The zero-order valence-corrected chi connectivity index (χ0v) is 11.2. The number of nitrogens with zero attached hydrogens (tertiary/aromatic N) is 4. The Balaban J connectivity index is 1.85. The molecule has 10 nitrogen and oxygen atoms in total. The molecule has 0 radical (unpaired) electrons. The Morgan fingerprint density at radius 3 is 2.90 bits per heavy atom. The summed E-state index contributed by atoms with van der Waals surface area (Å²) in [5.74, 6) is -2.47. The Morgan fingerprint density at radius 1 is 1.43 bits per heavy atom. The van der Waals surface area contributed by atoms with E-state index < -0.39 is 24.3 Å². The third-order valence-corrected chi connectivity index (χ3v) is 3.07. The minimum absolute atomic E-state index is 0.0176. The van der Waals surface area contributed by atoms with Gasteiger partial charge in [-0.25, -0.2) is 4.68 Å². The van der Waals surface area contributed by atoms with Crippen LogP contribution in [-0.4, -0.2) is 48.9 Å². The van der Waals surface area contributed by atoms with E-state index in [0.29, 0.717) is 0 Å². The van der Waals surface area contributed by atoms with Gasteiger partial charge in [0.05, 0.1) is 12.0 Å². The van der Waals surface area contributed by atoms with Crippen molar-refractivity contribution in [2.75, 3.05) is 5.75 Å². The molecule has 0 saturated carbocycles. The number of hydrogen-bond acceptors (Lipinski definition) is 8. The second-order valence-corrected chi connectivity index (χ2v) is 4.60. The van der Waals surface area contributed by atoms with Gasteiger partial charge in [0, 0.05) is 0 Å². The molecule has 0 aromatic carbocycles. The number of carboxylic acids is 1. The van der Waals surface area contributed by atoms with Crippen molar-refractivity contribution < 1.29 is 23.9 Å². The van der Waals surface area contributed by atoms with Crippen LogP contribution in [-0.2, 0) is 16.1 Å². The number of amides is 2. The van der Waals surface area contributed by atoms with Crippen molar-refractivity contribution in [3.63, 3.8) is 0 Å². The number of tetrazole rings is 1. The molecule has 0 atom stereocenters. The molecule has 2 aromatic rings. The van der Waals surface area contributed by atoms with Crippen LogP contribution in [0.5, 0.6) is 0 Å². The molecule has 21 heavy (non-hydrogen) atoms. The molecule has 11 heteroatoms. The highest BCUT2D eigenvalue weighted by Crippen LogP contribution is 2.12. The SMILES string of the molecule is O=C(O)Cn1nnnc1SCC(=O)NC(=O)c1ccco1. The molecule has 0 bridgehead atoms. The Hall–Kier alpha value is -2.69. The number of furan rings is 1. The van der Waals surface area contributed by atoms with Crippen LogP contribution in [0.15, 0.2) is 28.0 Å². The maximum atomic E-state index is 11.6. The number of nitrogens with one attached hydrogen (secondary N) is 1. The Labute approximate surface area is 121 Å². The summed E-state index contributed by atoms with van der Waals surface area (Å²) >= 11 is 0.912. The van der Waals surface area contributed by atoms with Crippen LogP contribution < -0.4 is 5.32 Å². The number of aromatic nitrogens is 4. The summed E-state index contributed by atoms with van der Waals surface area (Å²) in [6.07, 6.45) is 1.31. The number of aliphatic carboxylic acids is 1. The highest BCUT2D eigenvalue weighted by molar-refractivity contribution is 7.99. The van der Waals surface area contributed by atoms with Crippen LogP contribution >= 0.6 is 11.8 Å². The fraction of sp³-hybridized carbons (Fsp3) is 0.200. The largest absolute Gasteiger partial charge is 0.480 e. The summed E-state index contributed by atoms with van der Waals surface area (Å²) in [6.45, 7) is -0.414. The van der Waals surface area contributed by atoms with E-state index in [4.69, 9.17) is 9.52 Å². The minimum Gasteiger partial charge on any atom is -0.480 e. The average molecular weight is 311 g/mol. The van der Waals surface area contributed by atoms with Gasteiger partial charge in [-0.1, -0.05) is 11.8 Å². The molecule has 0 aliphatic rings. The molecule has 0 spiro atoms. The molecule has 2 N–H and O–H groups in total. The summed E-state index contributed by atoms with van der Waals surface area (Å²) in [5, 5.41) is 21.3. The number of hydrogen-bond donors (Lipinski definition) is 2. The summed E-state index contributed by atoms with van der Waals surface area (Å²) in [7, 11) is 0. The predicted molar refractivity (Wildman–Crippen MR) is 67.4 cm³/mol. The number of thioether (sulfide) groups is 1. The van der Waals surface area contributed by atoms with Gasteiger partial charge in [-0.2, -0.15) is 0 Å². The maximum absolute atomic E-state index is 11.6. The van der Waals surface area contributed by atoms with E-state index in [-0.39, 0.29) is 16.7 Å². The first-order valence-electron chi connectivity index (χ1n) is 5.54. The van der Waals surface area contributed by atoms with Crippen LogP contribution in [0.3, 0.4) is 0 Å². The second-order valence-electron chi connectivity index (χ2n) is 3.66. The molecule has 0 saturated heterocycles. The fourth-order valence-electron chi connectivity index (χ4n) is 1.29. The van der Waals surface area contributed by atoms with Crippen LogP contribution in [0.2, 0.25) is 0 Å².